The summed E-state index contributed by atoms with van der Waals surface area (Å²) in [6.45, 7) is 2.05. The van der Waals surface area contributed by atoms with Crippen LogP contribution >= 0.6 is 12.4 Å². The molecule has 64 valence electrons. The van der Waals surface area contributed by atoms with Gasteiger partial charge in [0.05, 0.1) is 6.17 Å². The van der Waals surface area contributed by atoms with Crippen LogP contribution < -0.4 is 11.1 Å². The zero-order valence-corrected chi connectivity index (χ0v) is 6.77. The zero-order valence-electron chi connectivity index (χ0n) is 5.95. The van der Waals surface area contributed by atoms with Gasteiger partial charge in [-0.2, -0.15) is 0 Å². The molecule has 0 aliphatic rings. The van der Waals surface area contributed by atoms with Gasteiger partial charge in [-0.05, 0) is 6.42 Å². The summed E-state index contributed by atoms with van der Waals surface area (Å²) >= 11 is 0. The van der Waals surface area contributed by atoms with E-state index in [0.29, 0.717) is 0 Å². The molecule has 10 heavy (non-hydrogen) atoms. The summed E-state index contributed by atoms with van der Waals surface area (Å²) in [5, 5.41) is 19.4. The van der Waals surface area contributed by atoms with Crippen LogP contribution in [0, 0.1) is 0 Å². The Bertz CT molecular complexity index is 72.7. The molecule has 0 saturated heterocycles. The molecule has 1 atom stereocenters. The van der Waals surface area contributed by atoms with Crippen LogP contribution in [0.1, 0.15) is 13.3 Å². The Morgan fingerprint density at radius 1 is 1.50 bits per heavy atom. The lowest BCUT2D eigenvalue weighted by molar-refractivity contribution is -0.0388. The molecule has 0 bridgehead atoms. The third kappa shape index (κ3) is 8.13. The van der Waals surface area contributed by atoms with Crippen molar-refractivity contribution in [2.75, 3.05) is 6.54 Å². The van der Waals surface area contributed by atoms with Gasteiger partial charge < -0.3 is 15.9 Å². The second kappa shape index (κ2) is 7.24. The van der Waals surface area contributed by atoms with E-state index in [0.717, 1.165) is 6.42 Å². The molecule has 0 spiro atoms. The van der Waals surface area contributed by atoms with Crippen molar-refractivity contribution in [1.29, 1.82) is 0 Å². The summed E-state index contributed by atoms with van der Waals surface area (Å²) in [6, 6.07) is 0. The van der Waals surface area contributed by atoms with E-state index >= 15 is 0 Å². The minimum absolute atomic E-state index is 0. The van der Waals surface area contributed by atoms with Crippen molar-refractivity contribution in [3.8, 4) is 0 Å². The fourth-order valence-corrected chi connectivity index (χ4v) is 0.401. The number of nitrogens with two attached hydrogens (primary N) is 1. The second-order valence-electron chi connectivity index (χ2n) is 1.90. The average Bonchev–Trinajstić information content (AvgIpc) is 1.83. The average molecular weight is 171 g/mol. The normalized spacial score (nSPS) is 12.9. The summed E-state index contributed by atoms with van der Waals surface area (Å²) in [7, 11) is 0. The minimum atomic E-state index is -1.30. The molecule has 0 radical (unpaired) electrons. The van der Waals surface area contributed by atoms with Gasteiger partial charge in [-0.1, -0.05) is 6.92 Å². The molecule has 0 amide bonds. The lowest BCUT2D eigenvalue weighted by Crippen LogP contribution is -2.40. The van der Waals surface area contributed by atoms with Gasteiger partial charge in [-0.15, -0.1) is 12.4 Å². The van der Waals surface area contributed by atoms with E-state index in [1.807, 2.05) is 6.92 Å². The molecule has 0 aliphatic heterocycles. The molecule has 4 nitrogen and oxygen atoms in total. The van der Waals surface area contributed by atoms with E-state index in [-0.39, 0.29) is 25.1 Å². The molecule has 0 heterocycles. The smallest absolute Gasteiger partial charge is 0.164 e. The zero-order chi connectivity index (χ0) is 7.28. The quantitative estimate of drug-likeness (QED) is 0.409. The molecule has 5 N–H and O–H groups in total. The number of rotatable bonds is 4. The van der Waals surface area contributed by atoms with Crippen LogP contribution in [0.4, 0.5) is 0 Å². The number of hydrogen-bond acceptors (Lipinski definition) is 4. The van der Waals surface area contributed by atoms with Crippen LogP contribution in [0.25, 0.3) is 0 Å². The Morgan fingerprint density at radius 3 is 2.30 bits per heavy atom. The summed E-state index contributed by atoms with van der Waals surface area (Å²) in [5.41, 5.74) is 5.39. The first-order chi connectivity index (χ1) is 4.16. The van der Waals surface area contributed by atoms with Crippen LogP contribution in [0.2, 0.25) is 0 Å². The van der Waals surface area contributed by atoms with Crippen molar-refractivity contribution in [2.24, 2.45) is 5.73 Å². The molecule has 0 fully saturated rings. The maximum Gasteiger partial charge on any atom is 0.164 e. The molecule has 0 aromatic carbocycles. The number of aliphatic hydroxyl groups excluding tert-OH is 1. The molecule has 0 rings (SSSR count). The van der Waals surface area contributed by atoms with Crippen molar-refractivity contribution in [2.45, 2.75) is 25.8 Å². The SMILES string of the molecule is CCC(N)NCC(O)O.Cl. The maximum absolute atomic E-state index is 8.33. The topological polar surface area (TPSA) is 78.5 Å². The van der Waals surface area contributed by atoms with Crippen LogP contribution in [0.15, 0.2) is 0 Å². The molecule has 5 heteroatoms. The first kappa shape index (κ1) is 12.8. The first-order valence-corrected chi connectivity index (χ1v) is 3.02. The highest BCUT2D eigenvalue weighted by atomic mass is 35.5. The Labute approximate surface area is 66.8 Å². The number of halogens is 1. The fraction of sp³-hybridized carbons (Fsp3) is 1.00. The van der Waals surface area contributed by atoms with E-state index < -0.39 is 6.29 Å². The highest BCUT2D eigenvalue weighted by Crippen LogP contribution is 1.79. The van der Waals surface area contributed by atoms with Gasteiger partial charge in [0.15, 0.2) is 6.29 Å². The van der Waals surface area contributed by atoms with E-state index in [1.165, 1.54) is 0 Å². The third-order valence-corrected chi connectivity index (χ3v) is 1.00. The molecular weight excluding hydrogens is 156 g/mol. The van der Waals surface area contributed by atoms with Gasteiger partial charge in [0.1, 0.15) is 0 Å². The van der Waals surface area contributed by atoms with Crippen molar-refractivity contribution < 1.29 is 10.2 Å². The van der Waals surface area contributed by atoms with Crippen molar-refractivity contribution in [3.05, 3.63) is 0 Å². The summed E-state index contributed by atoms with van der Waals surface area (Å²) in [6.07, 6.45) is -0.651. The van der Waals surface area contributed by atoms with Crippen LogP contribution in [0.5, 0.6) is 0 Å². The molecule has 0 aromatic rings. The van der Waals surface area contributed by atoms with Gasteiger partial charge in [-0.25, -0.2) is 0 Å². The lowest BCUT2D eigenvalue weighted by Gasteiger charge is -2.11. The Hall–Kier alpha value is 0.130. The molecule has 0 aromatic heterocycles. The predicted octanol–water partition coefficient (Wildman–Crippen LogP) is -0.997. The Kier molecular flexibility index (Phi) is 9.25. The van der Waals surface area contributed by atoms with Crippen LogP contribution in [-0.2, 0) is 0 Å². The van der Waals surface area contributed by atoms with Crippen molar-refractivity contribution in [1.82, 2.24) is 5.32 Å². The third-order valence-electron chi connectivity index (χ3n) is 1.00. The van der Waals surface area contributed by atoms with Gasteiger partial charge in [0.2, 0.25) is 0 Å². The van der Waals surface area contributed by atoms with E-state index in [4.69, 9.17) is 15.9 Å². The molecule has 0 saturated carbocycles. The van der Waals surface area contributed by atoms with Crippen molar-refractivity contribution >= 4 is 12.4 Å². The largest absolute Gasteiger partial charge is 0.367 e. The van der Waals surface area contributed by atoms with Crippen molar-refractivity contribution in [3.63, 3.8) is 0 Å². The van der Waals surface area contributed by atoms with Crippen LogP contribution in [0.3, 0.4) is 0 Å². The van der Waals surface area contributed by atoms with Gasteiger partial charge in [0, 0.05) is 6.54 Å². The number of nitrogens with one attached hydrogen (secondary N) is 1. The Morgan fingerprint density at radius 2 is 2.00 bits per heavy atom. The maximum atomic E-state index is 8.33. The summed E-state index contributed by atoms with van der Waals surface area (Å²) < 4.78 is 0. The second-order valence-corrected chi connectivity index (χ2v) is 1.90. The predicted molar refractivity (Wildman–Crippen MR) is 41.7 cm³/mol. The summed E-state index contributed by atoms with van der Waals surface area (Å²) in [5.74, 6) is 0. The molecular formula is C5H15ClN2O2. The summed E-state index contributed by atoms with van der Waals surface area (Å²) in [4.78, 5) is 0. The van der Waals surface area contributed by atoms with Gasteiger partial charge >= 0.3 is 0 Å². The Balaban J connectivity index is 0. The number of hydrogen-bond donors (Lipinski definition) is 4. The molecule has 0 aliphatic carbocycles. The highest BCUT2D eigenvalue weighted by Gasteiger charge is 1.99. The lowest BCUT2D eigenvalue weighted by atomic mass is 10.4. The van der Waals surface area contributed by atoms with Gasteiger partial charge in [0.25, 0.3) is 0 Å². The molecule has 1 unspecified atom stereocenters. The fourth-order valence-electron chi connectivity index (χ4n) is 0.401. The highest BCUT2D eigenvalue weighted by molar-refractivity contribution is 5.85. The van der Waals surface area contributed by atoms with E-state index in [2.05, 4.69) is 5.32 Å². The van der Waals surface area contributed by atoms with Gasteiger partial charge in [-0.3, -0.25) is 5.32 Å². The van der Waals surface area contributed by atoms with E-state index in [9.17, 15) is 0 Å². The first-order valence-electron chi connectivity index (χ1n) is 3.02. The van der Waals surface area contributed by atoms with Crippen LogP contribution in [-0.4, -0.2) is 29.2 Å². The standard InChI is InChI=1S/C5H14N2O2.ClH/c1-2-4(6)7-3-5(8)9;/h4-5,7-9H,2-3,6H2,1H3;1H. The number of aliphatic hydroxyl groups is 2. The van der Waals surface area contributed by atoms with E-state index in [1.54, 1.807) is 0 Å². The minimum Gasteiger partial charge on any atom is -0.367 e. The monoisotopic (exact) mass is 170 g/mol.